The number of rotatable bonds is 4. The van der Waals surface area contributed by atoms with Gasteiger partial charge in [0, 0.05) is 26.1 Å². The molecule has 0 radical (unpaired) electrons. The molecular formula is C14H20N4O4. The molecule has 1 amide bonds. The molecule has 8 nitrogen and oxygen atoms in total. The molecule has 3 heterocycles. The van der Waals surface area contributed by atoms with Crippen molar-refractivity contribution >= 4 is 11.9 Å². The van der Waals surface area contributed by atoms with Crippen LogP contribution in [0.1, 0.15) is 17.8 Å². The zero-order valence-electron chi connectivity index (χ0n) is 12.3. The van der Waals surface area contributed by atoms with Crippen LogP contribution in [0, 0.1) is 0 Å². The van der Waals surface area contributed by atoms with Gasteiger partial charge in [-0.2, -0.15) is 5.10 Å². The van der Waals surface area contributed by atoms with E-state index in [1.807, 2.05) is 10.7 Å². The fraction of sp³-hybridized carbons (Fsp3) is 0.643. The number of nitrogens with zero attached hydrogens (tertiary/aromatic N) is 3. The lowest BCUT2D eigenvalue weighted by Gasteiger charge is -2.32. The van der Waals surface area contributed by atoms with Crippen molar-refractivity contribution in [3.8, 4) is 0 Å². The summed E-state index contributed by atoms with van der Waals surface area (Å²) in [7, 11) is 0. The first-order valence-electron chi connectivity index (χ1n) is 7.52. The van der Waals surface area contributed by atoms with E-state index in [1.54, 1.807) is 4.90 Å². The maximum atomic E-state index is 12.4. The summed E-state index contributed by atoms with van der Waals surface area (Å²) < 4.78 is 7.37. The summed E-state index contributed by atoms with van der Waals surface area (Å²) >= 11 is 0. The molecule has 1 aromatic heterocycles. The number of aliphatic carboxylic acids is 1. The standard InChI is InChI=1S/C14H20N4O4/c19-13(20)2-1-10-7-11-9-17(4-5-18(11)16-10)14(21)12-8-15-3-6-22-12/h7,12,15H,1-6,8-9H2,(H,19,20). The average molecular weight is 308 g/mol. The maximum Gasteiger partial charge on any atom is 0.303 e. The lowest BCUT2D eigenvalue weighted by Crippen LogP contribution is -2.51. The van der Waals surface area contributed by atoms with E-state index >= 15 is 0 Å². The van der Waals surface area contributed by atoms with Crippen molar-refractivity contribution in [1.82, 2.24) is 20.0 Å². The molecule has 2 N–H and O–H groups in total. The molecule has 1 saturated heterocycles. The fourth-order valence-electron chi connectivity index (χ4n) is 2.80. The summed E-state index contributed by atoms with van der Waals surface area (Å²) in [5.74, 6) is -0.823. The highest BCUT2D eigenvalue weighted by Crippen LogP contribution is 2.16. The molecule has 2 aliphatic rings. The number of hydrogen-bond acceptors (Lipinski definition) is 5. The van der Waals surface area contributed by atoms with Gasteiger partial charge in [0.25, 0.3) is 5.91 Å². The first-order chi connectivity index (χ1) is 10.6. The number of hydrogen-bond donors (Lipinski definition) is 2. The molecule has 1 aromatic rings. The van der Waals surface area contributed by atoms with Crippen molar-refractivity contribution in [3.63, 3.8) is 0 Å². The van der Waals surface area contributed by atoms with Crippen molar-refractivity contribution in [2.24, 2.45) is 0 Å². The molecule has 0 saturated carbocycles. The summed E-state index contributed by atoms with van der Waals surface area (Å²) in [6, 6.07) is 1.89. The Morgan fingerprint density at radius 1 is 1.45 bits per heavy atom. The van der Waals surface area contributed by atoms with Crippen LogP contribution >= 0.6 is 0 Å². The summed E-state index contributed by atoms with van der Waals surface area (Å²) in [6.45, 7) is 3.63. The van der Waals surface area contributed by atoms with E-state index in [0.29, 0.717) is 39.2 Å². The third kappa shape index (κ3) is 3.28. The van der Waals surface area contributed by atoms with Crippen LogP contribution in [0.15, 0.2) is 6.07 Å². The quantitative estimate of drug-likeness (QED) is 0.758. The zero-order chi connectivity index (χ0) is 15.5. The molecule has 0 aromatic carbocycles. The van der Waals surface area contributed by atoms with Crippen molar-refractivity contribution in [1.29, 1.82) is 0 Å². The molecular weight excluding hydrogens is 288 g/mol. The molecule has 1 fully saturated rings. The molecule has 8 heteroatoms. The second-order valence-electron chi connectivity index (χ2n) is 5.57. The molecule has 120 valence electrons. The van der Waals surface area contributed by atoms with Crippen LogP contribution in [-0.2, 0) is 33.8 Å². The summed E-state index contributed by atoms with van der Waals surface area (Å²) in [5, 5.41) is 16.3. The SMILES string of the molecule is O=C(O)CCc1cc2n(n1)CCN(C(=O)C1CNCCO1)C2. The predicted octanol–water partition coefficient (Wildman–Crippen LogP) is -0.769. The number of carboxylic acid groups (broad SMARTS) is 1. The second kappa shape index (κ2) is 6.45. The number of aromatic nitrogens is 2. The van der Waals surface area contributed by atoms with Gasteiger partial charge in [0.05, 0.1) is 37.5 Å². The Balaban J connectivity index is 1.63. The molecule has 0 spiro atoms. The van der Waals surface area contributed by atoms with Gasteiger partial charge in [-0.25, -0.2) is 0 Å². The van der Waals surface area contributed by atoms with E-state index in [0.717, 1.165) is 17.9 Å². The van der Waals surface area contributed by atoms with Crippen molar-refractivity contribution in [2.75, 3.05) is 26.2 Å². The lowest BCUT2D eigenvalue weighted by molar-refractivity contribution is -0.146. The Morgan fingerprint density at radius 3 is 3.05 bits per heavy atom. The molecule has 3 rings (SSSR count). The van der Waals surface area contributed by atoms with Crippen LogP contribution in [0.5, 0.6) is 0 Å². The minimum Gasteiger partial charge on any atom is -0.481 e. The Kier molecular flexibility index (Phi) is 4.39. The molecule has 1 unspecified atom stereocenters. The number of nitrogens with one attached hydrogen (secondary N) is 1. The number of ether oxygens (including phenoxy) is 1. The van der Waals surface area contributed by atoms with Crippen LogP contribution in [0.2, 0.25) is 0 Å². The average Bonchev–Trinajstić information content (AvgIpc) is 2.95. The van der Waals surface area contributed by atoms with E-state index in [2.05, 4.69) is 10.4 Å². The van der Waals surface area contributed by atoms with Gasteiger partial charge >= 0.3 is 5.97 Å². The fourth-order valence-corrected chi connectivity index (χ4v) is 2.80. The Labute approximate surface area is 128 Å². The van der Waals surface area contributed by atoms with Crippen LogP contribution in [-0.4, -0.2) is 64.0 Å². The van der Waals surface area contributed by atoms with Crippen LogP contribution in [0.4, 0.5) is 0 Å². The van der Waals surface area contributed by atoms with E-state index in [1.165, 1.54) is 0 Å². The molecule has 0 aliphatic carbocycles. The minimum absolute atomic E-state index is 0.00624. The summed E-state index contributed by atoms with van der Waals surface area (Å²) in [5.41, 5.74) is 1.71. The van der Waals surface area contributed by atoms with E-state index < -0.39 is 12.1 Å². The van der Waals surface area contributed by atoms with Crippen molar-refractivity contribution in [2.45, 2.75) is 32.0 Å². The Hall–Kier alpha value is -1.93. The van der Waals surface area contributed by atoms with Gasteiger partial charge in [-0.15, -0.1) is 0 Å². The zero-order valence-corrected chi connectivity index (χ0v) is 12.3. The van der Waals surface area contributed by atoms with Gasteiger partial charge in [-0.05, 0) is 6.07 Å². The smallest absolute Gasteiger partial charge is 0.303 e. The van der Waals surface area contributed by atoms with Gasteiger partial charge in [0.15, 0.2) is 0 Å². The molecule has 0 bridgehead atoms. The molecule has 22 heavy (non-hydrogen) atoms. The first kappa shape index (κ1) is 15.0. The van der Waals surface area contributed by atoms with Gasteiger partial charge in [0.1, 0.15) is 6.10 Å². The number of morpholine rings is 1. The third-order valence-corrected chi connectivity index (χ3v) is 3.96. The van der Waals surface area contributed by atoms with Gasteiger partial charge in [-0.3, -0.25) is 14.3 Å². The largest absolute Gasteiger partial charge is 0.481 e. The van der Waals surface area contributed by atoms with Crippen molar-refractivity contribution < 1.29 is 19.4 Å². The van der Waals surface area contributed by atoms with E-state index in [9.17, 15) is 9.59 Å². The van der Waals surface area contributed by atoms with Gasteiger partial charge in [-0.1, -0.05) is 0 Å². The second-order valence-corrected chi connectivity index (χ2v) is 5.57. The predicted molar refractivity (Wildman–Crippen MR) is 76.2 cm³/mol. The normalized spacial score (nSPS) is 21.5. The highest BCUT2D eigenvalue weighted by atomic mass is 16.5. The number of fused-ring (bicyclic) bond motifs is 1. The van der Waals surface area contributed by atoms with E-state index in [-0.39, 0.29) is 12.3 Å². The minimum atomic E-state index is -0.829. The Bertz CT molecular complexity index is 565. The van der Waals surface area contributed by atoms with Crippen LogP contribution in [0.25, 0.3) is 0 Å². The topological polar surface area (TPSA) is 96.7 Å². The third-order valence-electron chi connectivity index (χ3n) is 3.96. The number of aryl methyl sites for hydroxylation is 1. The number of carbonyl (C=O) groups is 2. The highest BCUT2D eigenvalue weighted by Gasteiger charge is 2.29. The first-order valence-corrected chi connectivity index (χ1v) is 7.52. The Morgan fingerprint density at radius 2 is 2.32 bits per heavy atom. The molecule has 1 atom stereocenters. The monoisotopic (exact) mass is 308 g/mol. The van der Waals surface area contributed by atoms with E-state index in [4.69, 9.17) is 9.84 Å². The van der Waals surface area contributed by atoms with Gasteiger partial charge in [0.2, 0.25) is 0 Å². The number of carboxylic acids is 1. The van der Waals surface area contributed by atoms with Gasteiger partial charge < -0.3 is 20.1 Å². The molecule has 2 aliphatic heterocycles. The van der Waals surface area contributed by atoms with Crippen LogP contribution < -0.4 is 5.32 Å². The number of carbonyl (C=O) groups excluding carboxylic acids is 1. The highest BCUT2D eigenvalue weighted by molar-refractivity contribution is 5.81. The number of amides is 1. The van der Waals surface area contributed by atoms with Crippen LogP contribution in [0.3, 0.4) is 0 Å². The van der Waals surface area contributed by atoms with Crippen molar-refractivity contribution in [3.05, 3.63) is 17.5 Å². The lowest BCUT2D eigenvalue weighted by atomic mass is 10.2. The summed E-state index contributed by atoms with van der Waals surface area (Å²) in [4.78, 5) is 24.9. The maximum absolute atomic E-state index is 12.4. The summed E-state index contributed by atoms with van der Waals surface area (Å²) in [6.07, 6.45) is 0.0780.